The van der Waals surface area contributed by atoms with Crippen molar-refractivity contribution in [2.45, 2.75) is 51.9 Å². The van der Waals surface area contributed by atoms with E-state index in [1.807, 2.05) is 0 Å². The third-order valence-electron chi connectivity index (χ3n) is 3.56. The van der Waals surface area contributed by atoms with Crippen molar-refractivity contribution in [3.05, 3.63) is 12.2 Å². The van der Waals surface area contributed by atoms with E-state index in [2.05, 4.69) is 13.5 Å². The summed E-state index contributed by atoms with van der Waals surface area (Å²) in [6.45, 7) is 7.01. The summed E-state index contributed by atoms with van der Waals surface area (Å²) in [5.41, 5.74) is 7.17. The molecule has 1 rings (SSSR count). The molecule has 0 aliphatic heterocycles. The van der Waals surface area contributed by atoms with Crippen LogP contribution >= 0.6 is 0 Å². The third-order valence-corrected chi connectivity index (χ3v) is 3.56. The minimum Gasteiger partial charge on any atom is -0.330 e. The standard InChI is InChI=1S/C13H25N/c1-11(2)8-9-12-6-4-3-5-7-13(12)10-14/h12-13H,1,3-10,14H2,2H3. The topological polar surface area (TPSA) is 26.0 Å². The zero-order chi connectivity index (χ0) is 10.4. The fraction of sp³-hybridized carbons (Fsp3) is 0.846. The first-order valence-corrected chi connectivity index (χ1v) is 6.08. The molecule has 1 heteroatoms. The Morgan fingerprint density at radius 3 is 2.43 bits per heavy atom. The summed E-state index contributed by atoms with van der Waals surface area (Å²) >= 11 is 0. The highest BCUT2D eigenvalue weighted by atomic mass is 14.6. The van der Waals surface area contributed by atoms with Crippen LogP contribution in [0.2, 0.25) is 0 Å². The zero-order valence-corrected chi connectivity index (χ0v) is 9.60. The molecule has 0 radical (unpaired) electrons. The van der Waals surface area contributed by atoms with Crippen LogP contribution in [0.1, 0.15) is 51.9 Å². The van der Waals surface area contributed by atoms with Crippen LogP contribution in [0.4, 0.5) is 0 Å². The maximum atomic E-state index is 5.85. The monoisotopic (exact) mass is 195 g/mol. The van der Waals surface area contributed by atoms with Crippen molar-refractivity contribution in [2.24, 2.45) is 17.6 Å². The average molecular weight is 195 g/mol. The maximum absolute atomic E-state index is 5.85. The molecule has 82 valence electrons. The van der Waals surface area contributed by atoms with Crippen LogP contribution < -0.4 is 5.73 Å². The molecule has 1 fully saturated rings. The van der Waals surface area contributed by atoms with E-state index >= 15 is 0 Å². The molecule has 0 bridgehead atoms. The van der Waals surface area contributed by atoms with Gasteiger partial charge in [0.05, 0.1) is 0 Å². The van der Waals surface area contributed by atoms with Gasteiger partial charge in [-0.3, -0.25) is 0 Å². The second-order valence-electron chi connectivity index (χ2n) is 4.89. The van der Waals surface area contributed by atoms with E-state index in [1.165, 1.54) is 50.5 Å². The maximum Gasteiger partial charge on any atom is -0.00462 e. The summed E-state index contributed by atoms with van der Waals surface area (Å²) in [6, 6.07) is 0. The van der Waals surface area contributed by atoms with Crippen LogP contribution in [0.5, 0.6) is 0 Å². The van der Waals surface area contributed by atoms with Crippen molar-refractivity contribution in [3.8, 4) is 0 Å². The summed E-state index contributed by atoms with van der Waals surface area (Å²) in [4.78, 5) is 0. The van der Waals surface area contributed by atoms with Crippen LogP contribution in [-0.2, 0) is 0 Å². The first-order valence-electron chi connectivity index (χ1n) is 6.08. The quantitative estimate of drug-likeness (QED) is 0.539. The third kappa shape index (κ3) is 3.83. The Morgan fingerprint density at radius 2 is 1.86 bits per heavy atom. The Morgan fingerprint density at radius 1 is 1.21 bits per heavy atom. The minimum atomic E-state index is 0.789. The second-order valence-corrected chi connectivity index (χ2v) is 4.89. The number of hydrogen-bond donors (Lipinski definition) is 1. The first kappa shape index (κ1) is 11.8. The van der Waals surface area contributed by atoms with E-state index in [0.29, 0.717) is 0 Å². The van der Waals surface area contributed by atoms with Gasteiger partial charge in [-0.15, -0.1) is 6.58 Å². The summed E-state index contributed by atoms with van der Waals surface area (Å²) in [7, 11) is 0. The van der Waals surface area contributed by atoms with Gasteiger partial charge in [0, 0.05) is 0 Å². The zero-order valence-electron chi connectivity index (χ0n) is 9.60. The van der Waals surface area contributed by atoms with Crippen molar-refractivity contribution in [1.82, 2.24) is 0 Å². The summed E-state index contributed by atoms with van der Waals surface area (Å²) in [5, 5.41) is 0. The average Bonchev–Trinajstić information content (AvgIpc) is 2.38. The molecule has 0 spiro atoms. The molecule has 0 saturated heterocycles. The van der Waals surface area contributed by atoms with Gasteiger partial charge in [-0.25, -0.2) is 0 Å². The van der Waals surface area contributed by atoms with E-state index in [1.54, 1.807) is 0 Å². The smallest absolute Gasteiger partial charge is 0.00462 e. The van der Waals surface area contributed by atoms with Crippen LogP contribution in [0.3, 0.4) is 0 Å². The van der Waals surface area contributed by atoms with Gasteiger partial charge in [0.25, 0.3) is 0 Å². The molecule has 0 heterocycles. The number of rotatable bonds is 4. The fourth-order valence-corrected chi connectivity index (χ4v) is 2.58. The molecule has 0 aromatic rings. The van der Waals surface area contributed by atoms with Crippen LogP contribution in [0.15, 0.2) is 12.2 Å². The van der Waals surface area contributed by atoms with E-state index in [0.717, 1.165) is 18.4 Å². The lowest BCUT2D eigenvalue weighted by Gasteiger charge is -2.23. The Balaban J connectivity index is 2.39. The lowest BCUT2D eigenvalue weighted by atomic mass is 9.84. The fourth-order valence-electron chi connectivity index (χ4n) is 2.58. The highest BCUT2D eigenvalue weighted by Crippen LogP contribution is 2.31. The van der Waals surface area contributed by atoms with Crippen molar-refractivity contribution in [1.29, 1.82) is 0 Å². The van der Waals surface area contributed by atoms with Crippen molar-refractivity contribution in [2.75, 3.05) is 6.54 Å². The van der Waals surface area contributed by atoms with Gasteiger partial charge in [0.1, 0.15) is 0 Å². The van der Waals surface area contributed by atoms with Gasteiger partial charge in [0.2, 0.25) is 0 Å². The van der Waals surface area contributed by atoms with Gasteiger partial charge < -0.3 is 5.73 Å². The molecule has 14 heavy (non-hydrogen) atoms. The van der Waals surface area contributed by atoms with Gasteiger partial charge in [-0.2, -0.15) is 0 Å². The number of hydrogen-bond acceptors (Lipinski definition) is 1. The second kappa shape index (κ2) is 6.23. The molecule has 2 atom stereocenters. The van der Waals surface area contributed by atoms with Crippen LogP contribution in [0.25, 0.3) is 0 Å². The first-order chi connectivity index (χ1) is 6.74. The number of allylic oxidation sites excluding steroid dienone is 1. The van der Waals surface area contributed by atoms with E-state index in [4.69, 9.17) is 5.73 Å². The molecule has 1 nitrogen and oxygen atoms in total. The summed E-state index contributed by atoms with van der Waals surface area (Å²) in [6.07, 6.45) is 9.49. The SMILES string of the molecule is C=C(C)CCC1CCCCCC1CN. The molecule has 2 N–H and O–H groups in total. The largest absolute Gasteiger partial charge is 0.330 e. The molecule has 1 aliphatic rings. The highest BCUT2D eigenvalue weighted by molar-refractivity contribution is 4.89. The molecule has 0 amide bonds. The normalized spacial score (nSPS) is 28.4. The molecule has 1 saturated carbocycles. The molecule has 2 unspecified atom stereocenters. The van der Waals surface area contributed by atoms with Crippen LogP contribution in [-0.4, -0.2) is 6.54 Å². The lowest BCUT2D eigenvalue weighted by Crippen LogP contribution is -2.22. The molecule has 0 aromatic carbocycles. The number of nitrogens with two attached hydrogens (primary N) is 1. The van der Waals surface area contributed by atoms with Gasteiger partial charge in [-0.05, 0) is 44.6 Å². The van der Waals surface area contributed by atoms with Crippen molar-refractivity contribution in [3.63, 3.8) is 0 Å². The van der Waals surface area contributed by atoms with Crippen molar-refractivity contribution < 1.29 is 0 Å². The Bertz CT molecular complexity index is 174. The molecule has 0 aromatic heterocycles. The van der Waals surface area contributed by atoms with E-state index in [-0.39, 0.29) is 0 Å². The Hall–Kier alpha value is -0.300. The van der Waals surface area contributed by atoms with Crippen LogP contribution in [0, 0.1) is 11.8 Å². The van der Waals surface area contributed by atoms with Gasteiger partial charge in [0.15, 0.2) is 0 Å². The van der Waals surface area contributed by atoms with Gasteiger partial charge in [-0.1, -0.05) is 31.3 Å². The lowest BCUT2D eigenvalue weighted by molar-refractivity contribution is 0.301. The Kier molecular flexibility index (Phi) is 5.24. The predicted molar refractivity (Wildman–Crippen MR) is 63.2 cm³/mol. The van der Waals surface area contributed by atoms with E-state index in [9.17, 15) is 0 Å². The van der Waals surface area contributed by atoms with Crippen molar-refractivity contribution >= 4 is 0 Å². The molecular weight excluding hydrogens is 170 g/mol. The molecule has 1 aliphatic carbocycles. The minimum absolute atomic E-state index is 0.789. The summed E-state index contributed by atoms with van der Waals surface area (Å²) < 4.78 is 0. The van der Waals surface area contributed by atoms with Gasteiger partial charge >= 0.3 is 0 Å². The predicted octanol–water partition coefficient (Wildman–Crippen LogP) is 3.50. The highest BCUT2D eigenvalue weighted by Gasteiger charge is 2.21. The Labute approximate surface area is 88.8 Å². The van der Waals surface area contributed by atoms with E-state index < -0.39 is 0 Å². The molecular formula is C13H25N. The summed E-state index contributed by atoms with van der Waals surface area (Å²) in [5.74, 6) is 1.66.